The molecule has 0 spiro atoms. The van der Waals surface area contributed by atoms with E-state index in [0.29, 0.717) is 55.8 Å². The van der Waals surface area contributed by atoms with Gasteiger partial charge in [0.25, 0.3) is 5.91 Å². The minimum atomic E-state index is -3.53. The Labute approximate surface area is 215 Å². The van der Waals surface area contributed by atoms with Crippen LogP contribution in [-0.4, -0.2) is 67.8 Å². The molecule has 0 bridgehead atoms. The summed E-state index contributed by atoms with van der Waals surface area (Å²) in [4.78, 5) is 22.2. The van der Waals surface area contributed by atoms with Crippen LogP contribution < -0.4 is 4.90 Å². The summed E-state index contributed by atoms with van der Waals surface area (Å²) in [5, 5.41) is 1.66. The van der Waals surface area contributed by atoms with Crippen LogP contribution in [0.2, 0.25) is 5.02 Å². The van der Waals surface area contributed by atoms with Gasteiger partial charge in [-0.2, -0.15) is 4.31 Å². The fraction of sp³-hybridized carbons (Fsp3) is 0.440. The van der Waals surface area contributed by atoms with Gasteiger partial charge >= 0.3 is 0 Å². The third kappa shape index (κ3) is 4.79. The van der Waals surface area contributed by atoms with Crippen molar-refractivity contribution in [3.05, 3.63) is 52.5 Å². The second-order valence-corrected chi connectivity index (χ2v) is 12.8. The Morgan fingerprint density at radius 2 is 1.77 bits per heavy atom. The number of amides is 1. The molecule has 5 rings (SSSR count). The molecule has 10 heteroatoms. The Morgan fingerprint density at radius 3 is 2.46 bits per heavy atom. The molecule has 0 saturated carbocycles. The van der Waals surface area contributed by atoms with Crippen LogP contribution in [0.25, 0.3) is 10.2 Å². The van der Waals surface area contributed by atoms with Crippen molar-refractivity contribution in [2.24, 2.45) is 5.92 Å². The molecule has 3 aromatic rings. The second kappa shape index (κ2) is 9.69. The zero-order valence-electron chi connectivity index (χ0n) is 19.9. The maximum Gasteiger partial charge on any atom is 0.253 e. The van der Waals surface area contributed by atoms with Gasteiger partial charge in [-0.15, -0.1) is 0 Å². The van der Waals surface area contributed by atoms with Gasteiger partial charge in [-0.05, 0) is 67.6 Å². The quantitative estimate of drug-likeness (QED) is 0.489. The number of fused-ring (bicyclic) bond motifs is 1. The molecule has 3 heterocycles. The Hall–Kier alpha value is -2.20. The van der Waals surface area contributed by atoms with Crippen LogP contribution in [0.4, 0.5) is 5.13 Å². The summed E-state index contributed by atoms with van der Waals surface area (Å²) in [6.07, 6.45) is 1.94. The van der Waals surface area contributed by atoms with Crippen molar-refractivity contribution in [3.8, 4) is 0 Å². The highest BCUT2D eigenvalue weighted by Gasteiger charge is 2.29. The number of aromatic nitrogens is 1. The average Bonchev–Trinajstić information content (AvgIpc) is 3.31. The Morgan fingerprint density at radius 1 is 1.06 bits per heavy atom. The molecule has 2 aromatic carbocycles. The van der Waals surface area contributed by atoms with Crippen molar-refractivity contribution in [2.75, 3.05) is 44.2 Å². The number of hydrogen-bond acceptors (Lipinski definition) is 6. The van der Waals surface area contributed by atoms with Crippen LogP contribution in [-0.2, 0) is 10.0 Å². The van der Waals surface area contributed by atoms with Crippen LogP contribution in [0.3, 0.4) is 0 Å². The summed E-state index contributed by atoms with van der Waals surface area (Å²) in [6.45, 7) is 7.72. The lowest BCUT2D eigenvalue weighted by atomic mass is 10.0. The zero-order valence-corrected chi connectivity index (χ0v) is 22.3. The van der Waals surface area contributed by atoms with E-state index < -0.39 is 10.0 Å². The van der Waals surface area contributed by atoms with Crippen molar-refractivity contribution in [3.63, 3.8) is 0 Å². The first-order valence-corrected chi connectivity index (χ1v) is 14.6. The van der Waals surface area contributed by atoms with Gasteiger partial charge in [0.05, 0.1) is 15.1 Å². The largest absolute Gasteiger partial charge is 0.345 e. The van der Waals surface area contributed by atoms with Gasteiger partial charge in [0.15, 0.2) is 5.13 Å². The first-order chi connectivity index (χ1) is 16.7. The molecule has 1 atom stereocenters. The number of piperazine rings is 1. The molecule has 7 nitrogen and oxygen atoms in total. The average molecular weight is 533 g/mol. The van der Waals surface area contributed by atoms with Crippen molar-refractivity contribution in [1.82, 2.24) is 14.2 Å². The Balaban J connectivity index is 1.24. The molecule has 35 heavy (non-hydrogen) atoms. The highest BCUT2D eigenvalue weighted by Crippen LogP contribution is 2.34. The lowest BCUT2D eigenvalue weighted by Crippen LogP contribution is -2.48. The number of carbonyl (C=O) groups excluding carboxylic acids is 1. The number of aryl methyl sites for hydroxylation is 1. The van der Waals surface area contributed by atoms with Crippen molar-refractivity contribution >= 4 is 54.2 Å². The van der Waals surface area contributed by atoms with Gasteiger partial charge in [-0.25, -0.2) is 13.4 Å². The van der Waals surface area contributed by atoms with Gasteiger partial charge in [-0.1, -0.05) is 29.9 Å². The van der Waals surface area contributed by atoms with Gasteiger partial charge in [0, 0.05) is 49.9 Å². The molecular weight excluding hydrogens is 504 g/mol. The van der Waals surface area contributed by atoms with Gasteiger partial charge < -0.3 is 9.80 Å². The maximum atomic E-state index is 13.1. The standard InChI is InChI=1S/C25H29ClN4O3S2/c1-17-4-3-11-30(16-17)35(32,33)20-7-5-19(6-8-20)24(31)28-12-14-29(15-13-28)25-27-23-18(2)21(26)9-10-22(23)34-25/h5-10,17H,3-4,11-16H2,1-2H3. The fourth-order valence-corrected chi connectivity index (χ4v) is 7.62. The summed E-state index contributed by atoms with van der Waals surface area (Å²) < 4.78 is 28.7. The maximum absolute atomic E-state index is 13.1. The number of nitrogens with zero attached hydrogens (tertiary/aromatic N) is 4. The molecule has 2 saturated heterocycles. The van der Waals surface area contributed by atoms with Gasteiger partial charge in [0.2, 0.25) is 10.0 Å². The van der Waals surface area contributed by atoms with E-state index in [1.54, 1.807) is 39.9 Å². The van der Waals surface area contributed by atoms with Crippen molar-refractivity contribution in [1.29, 1.82) is 0 Å². The third-order valence-electron chi connectivity index (χ3n) is 6.93. The summed E-state index contributed by atoms with van der Waals surface area (Å²) >= 11 is 7.89. The number of halogens is 1. The number of rotatable bonds is 4. The molecule has 2 aliphatic rings. The number of thiazole rings is 1. The molecule has 0 radical (unpaired) electrons. The van der Waals surface area contributed by atoms with Crippen LogP contribution in [0.1, 0.15) is 35.7 Å². The minimum absolute atomic E-state index is 0.0767. The van der Waals surface area contributed by atoms with E-state index >= 15 is 0 Å². The SMILES string of the molecule is Cc1c(Cl)ccc2sc(N3CCN(C(=O)c4ccc(S(=O)(=O)N5CCCC(C)C5)cc4)CC3)nc12. The van der Waals surface area contributed by atoms with Gasteiger partial charge in [0.1, 0.15) is 0 Å². The first kappa shape index (κ1) is 24.5. The number of sulfonamides is 1. The van der Waals surface area contributed by atoms with E-state index in [1.807, 2.05) is 24.0 Å². The van der Waals surface area contributed by atoms with E-state index in [2.05, 4.69) is 11.8 Å². The predicted octanol–water partition coefficient (Wildman–Crippen LogP) is 4.64. The Kier molecular flexibility index (Phi) is 6.78. The predicted molar refractivity (Wildman–Crippen MR) is 141 cm³/mol. The second-order valence-electron chi connectivity index (χ2n) is 9.43. The highest BCUT2D eigenvalue weighted by atomic mass is 35.5. The number of benzene rings is 2. The van der Waals surface area contributed by atoms with E-state index in [-0.39, 0.29) is 10.8 Å². The van der Waals surface area contributed by atoms with Crippen LogP contribution in [0.5, 0.6) is 0 Å². The molecule has 0 aliphatic carbocycles. The molecular formula is C25H29ClN4O3S2. The summed E-state index contributed by atoms with van der Waals surface area (Å²) in [5.41, 5.74) is 2.43. The molecule has 2 fully saturated rings. The van der Waals surface area contributed by atoms with E-state index in [9.17, 15) is 13.2 Å². The summed E-state index contributed by atoms with van der Waals surface area (Å²) in [7, 11) is -3.53. The number of carbonyl (C=O) groups is 1. The van der Waals surface area contributed by atoms with Gasteiger partial charge in [-0.3, -0.25) is 4.79 Å². The lowest BCUT2D eigenvalue weighted by Gasteiger charge is -2.34. The zero-order chi connectivity index (χ0) is 24.7. The minimum Gasteiger partial charge on any atom is -0.345 e. The van der Waals surface area contributed by atoms with Crippen LogP contribution >= 0.6 is 22.9 Å². The van der Waals surface area contributed by atoms with Crippen LogP contribution in [0, 0.1) is 12.8 Å². The normalized spacial score (nSPS) is 19.9. The lowest BCUT2D eigenvalue weighted by molar-refractivity contribution is 0.0746. The molecule has 0 N–H and O–H groups in total. The molecule has 186 valence electrons. The number of anilines is 1. The van der Waals surface area contributed by atoms with E-state index in [0.717, 1.165) is 33.8 Å². The topological polar surface area (TPSA) is 73.8 Å². The molecule has 2 aliphatic heterocycles. The fourth-order valence-electron chi connectivity index (χ4n) is 4.79. The monoisotopic (exact) mass is 532 g/mol. The molecule has 1 aromatic heterocycles. The first-order valence-electron chi connectivity index (χ1n) is 11.9. The number of hydrogen-bond donors (Lipinski definition) is 0. The summed E-state index contributed by atoms with van der Waals surface area (Å²) in [5.74, 6) is 0.287. The molecule has 1 amide bonds. The van der Waals surface area contributed by atoms with Crippen molar-refractivity contribution < 1.29 is 13.2 Å². The Bertz CT molecular complexity index is 1350. The number of piperidine rings is 1. The molecule has 1 unspecified atom stereocenters. The third-order valence-corrected chi connectivity index (χ3v) is 10.3. The summed E-state index contributed by atoms with van der Waals surface area (Å²) in [6, 6.07) is 10.3. The van der Waals surface area contributed by atoms with E-state index in [4.69, 9.17) is 16.6 Å². The van der Waals surface area contributed by atoms with Crippen LogP contribution in [0.15, 0.2) is 41.3 Å². The highest BCUT2D eigenvalue weighted by molar-refractivity contribution is 7.89. The van der Waals surface area contributed by atoms with Crippen molar-refractivity contribution in [2.45, 2.75) is 31.6 Å². The smallest absolute Gasteiger partial charge is 0.253 e. The van der Waals surface area contributed by atoms with E-state index in [1.165, 1.54) is 0 Å².